The lowest BCUT2D eigenvalue weighted by Crippen LogP contribution is -2.25. The van der Waals surface area contributed by atoms with Crippen LogP contribution in [0.4, 0.5) is 10.1 Å². The van der Waals surface area contributed by atoms with Crippen molar-refractivity contribution in [3.05, 3.63) is 90.2 Å². The number of imidazole rings is 1. The van der Waals surface area contributed by atoms with Gasteiger partial charge in [-0.1, -0.05) is 18.2 Å². The highest BCUT2D eigenvalue weighted by molar-refractivity contribution is 6.09. The van der Waals surface area contributed by atoms with E-state index in [1.807, 2.05) is 0 Å². The summed E-state index contributed by atoms with van der Waals surface area (Å²) >= 11 is 0. The molecule has 140 valence electrons. The van der Waals surface area contributed by atoms with Gasteiger partial charge in [0.2, 0.25) is 5.82 Å². The van der Waals surface area contributed by atoms with Gasteiger partial charge in [0, 0.05) is 6.20 Å². The number of pyridine rings is 1. The number of hydrogen-bond donors (Lipinski definition) is 2. The summed E-state index contributed by atoms with van der Waals surface area (Å²) in [4.78, 5) is 29.4. The Bertz CT molecular complexity index is 1150. The first kappa shape index (κ1) is 17.5. The van der Waals surface area contributed by atoms with Crippen LogP contribution in [0.3, 0.4) is 0 Å². The molecule has 28 heavy (non-hydrogen) atoms. The molecule has 1 aromatic carbocycles. The van der Waals surface area contributed by atoms with Crippen molar-refractivity contribution < 1.29 is 18.4 Å². The number of fused-ring (bicyclic) bond motifs is 1. The number of carbonyl (C=O) groups excluding carboxylic acids is 2. The van der Waals surface area contributed by atoms with Crippen molar-refractivity contribution in [1.29, 1.82) is 0 Å². The number of anilines is 1. The molecule has 0 aliphatic heterocycles. The molecule has 3 heterocycles. The number of nitrogens with one attached hydrogen (secondary N) is 2. The minimum absolute atomic E-state index is 0.0204. The zero-order valence-electron chi connectivity index (χ0n) is 14.6. The normalized spacial score (nSPS) is 10.8. The number of para-hydroxylation sites is 1. The molecule has 0 radical (unpaired) electrons. The van der Waals surface area contributed by atoms with Crippen LogP contribution in [0.15, 0.2) is 71.5 Å². The Hall–Kier alpha value is -3.94. The Morgan fingerprint density at radius 3 is 2.64 bits per heavy atom. The Morgan fingerprint density at radius 2 is 1.86 bits per heavy atom. The van der Waals surface area contributed by atoms with Crippen LogP contribution in [0, 0.1) is 5.82 Å². The van der Waals surface area contributed by atoms with Crippen molar-refractivity contribution in [1.82, 2.24) is 14.7 Å². The number of carbonyl (C=O) groups is 2. The smallest absolute Gasteiger partial charge is 0.288 e. The summed E-state index contributed by atoms with van der Waals surface area (Å²) in [6, 6.07) is 14.4. The van der Waals surface area contributed by atoms with Crippen LogP contribution < -0.4 is 10.6 Å². The molecule has 2 N–H and O–H groups in total. The van der Waals surface area contributed by atoms with E-state index in [-0.39, 0.29) is 23.8 Å². The molecular weight excluding hydrogens is 363 g/mol. The number of rotatable bonds is 5. The van der Waals surface area contributed by atoms with Crippen molar-refractivity contribution in [2.75, 3.05) is 5.32 Å². The summed E-state index contributed by atoms with van der Waals surface area (Å²) in [5.74, 6) is -1.01. The fourth-order valence-corrected chi connectivity index (χ4v) is 2.77. The van der Waals surface area contributed by atoms with E-state index in [4.69, 9.17) is 4.42 Å². The number of benzene rings is 1. The van der Waals surface area contributed by atoms with Gasteiger partial charge in [-0.2, -0.15) is 0 Å². The van der Waals surface area contributed by atoms with Gasteiger partial charge in [-0.3, -0.25) is 14.0 Å². The first-order chi connectivity index (χ1) is 13.6. The summed E-state index contributed by atoms with van der Waals surface area (Å²) in [5.41, 5.74) is 0.486. The highest BCUT2D eigenvalue weighted by Gasteiger charge is 2.22. The van der Waals surface area contributed by atoms with Gasteiger partial charge in [-0.25, -0.2) is 9.37 Å². The molecule has 4 rings (SSSR count). The van der Waals surface area contributed by atoms with Crippen LogP contribution in [0.1, 0.15) is 26.9 Å². The Labute approximate surface area is 158 Å². The van der Waals surface area contributed by atoms with E-state index in [0.29, 0.717) is 11.3 Å². The predicted molar refractivity (Wildman–Crippen MR) is 99.4 cm³/mol. The van der Waals surface area contributed by atoms with Crippen LogP contribution >= 0.6 is 0 Å². The first-order valence-electron chi connectivity index (χ1n) is 8.47. The second kappa shape index (κ2) is 7.36. The lowest BCUT2D eigenvalue weighted by molar-refractivity contribution is 0.0937. The molecule has 0 atom stereocenters. The van der Waals surface area contributed by atoms with Crippen molar-refractivity contribution in [3.63, 3.8) is 0 Å². The molecule has 0 unspecified atom stereocenters. The summed E-state index contributed by atoms with van der Waals surface area (Å²) in [5, 5.41) is 5.19. The summed E-state index contributed by atoms with van der Waals surface area (Å²) in [6.07, 6.45) is 3.14. The molecule has 8 heteroatoms. The van der Waals surface area contributed by atoms with Gasteiger partial charge in [0.15, 0.2) is 5.69 Å². The number of hydrogen-bond acceptors (Lipinski definition) is 4. The number of halogens is 1. The van der Waals surface area contributed by atoms with E-state index in [1.54, 1.807) is 42.6 Å². The standard InChI is InChI=1S/C20H15FN4O3/c21-14-7-1-2-8-15(14)23-19(26)17-16-9-3-4-10-25(16)18(24-17)20(27)22-12-13-6-5-11-28-13/h1-11H,12H2,(H,22,27)(H,23,26). The topological polar surface area (TPSA) is 88.6 Å². The monoisotopic (exact) mass is 378 g/mol. The molecule has 0 spiro atoms. The molecule has 0 saturated heterocycles. The van der Waals surface area contributed by atoms with Crippen molar-refractivity contribution >= 4 is 23.0 Å². The van der Waals surface area contributed by atoms with Gasteiger partial charge in [0.05, 0.1) is 24.0 Å². The third kappa shape index (κ3) is 3.35. The fraction of sp³-hybridized carbons (Fsp3) is 0.0500. The quantitative estimate of drug-likeness (QED) is 0.558. The van der Waals surface area contributed by atoms with Gasteiger partial charge in [0.1, 0.15) is 11.6 Å². The van der Waals surface area contributed by atoms with Crippen LogP contribution in [0.5, 0.6) is 0 Å². The minimum atomic E-state index is -0.612. The predicted octanol–water partition coefficient (Wildman–Crippen LogP) is 3.25. The zero-order chi connectivity index (χ0) is 19.5. The molecule has 0 fully saturated rings. The van der Waals surface area contributed by atoms with E-state index in [1.165, 1.54) is 28.9 Å². The number of amides is 2. The lowest BCUT2D eigenvalue weighted by Gasteiger charge is -2.04. The molecule has 2 amide bonds. The minimum Gasteiger partial charge on any atom is -0.467 e. The maximum Gasteiger partial charge on any atom is 0.288 e. The van der Waals surface area contributed by atoms with E-state index in [0.717, 1.165) is 0 Å². The third-order valence-electron chi connectivity index (χ3n) is 4.09. The van der Waals surface area contributed by atoms with E-state index < -0.39 is 17.6 Å². The molecular formula is C20H15FN4O3. The summed E-state index contributed by atoms with van der Waals surface area (Å²) in [6.45, 7) is 0.185. The molecule has 0 bridgehead atoms. The van der Waals surface area contributed by atoms with Crippen molar-refractivity contribution in [2.45, 2.75) is 6.54 Å². The highest BCUT2D eigenvalue weighted by atomic mass is 19.1. The first-order valence-corrected chi connectivity index (χ1v) is 8.47. The fourth-order valence-electron chi connectivity index (χ4n) is 2.77. The van der Waals surface area contributed by atoms with Crippen LogP contribution in [-0.2, 0) is 6.54 Å². The van der Waals surface area contributed by atoms with Crippen molar-refractivity contribution in [3.8, 4) is 0 Å². The SMILES string of the molecule is O=C(Nc1ccccc1F)c1nc(C(=O)NCc2ccco2)n2ccccc12. The number of nitrogens with zero attached hydrogens (tertiary/aromatic N) is 2. The Morgan fingerprint density at radius 1 is 1.04 bits per heavy atom. The van der Waals surface area contributed by atoms with Crippen LogP contribution in [-0.4, -0.2) is 21.2 Å². The van der Waals surface area contributed by atoms with Gasteiger partial charge in [-0.05, 0) is 36.4 Å². The average molecular weight is 378 g/mol. The summed E-state index contributed by atoms with van der Waals surface area (Å²) < 4.78 is 20.5. The summed E-state index contributed by atoms with van der Waals surface area (Å²) in [7, 11) is 0. The van der Waals surface area contributed by atoms with Gasteiger partial charge in [0.25, 0.3) is 11.8 Å². The average Bonchev–Trinajstić information content (AvgIpc) is 3.36. The second-order valence-corrected chi connectivity index (χ2v) is 5.94. The van der Waals surface area contributed by atoms with Gasteiger partial charge < -0.3 is 15.1 Å². The van der Waals surface area contributed by atoms with Gasteiger partial charge >= 0.3 is 0 Å². The molecule has 7 nitrogen and oxygen atoms in total. The molecule has 0 saturated carbocycles. The Balaban J connectivity index is 1.63. The third-order valence-corrected chi connectivity index (χ3v) is 4.09. The second-order valence-electron chi connectivity index (χ2n) is 5.94. The van der Waals surface area contributed by atoms with Crippen molar-refractivity contribution in [2.24, 2.45) is 0 Å². The Kier molecular flexibility index (Phi) is 4.59. The lowest BCUT2D eigenvalue weighted by atomic mass is 10.2. The largest absolute Gasteiger partial charge is 0.467 e. The molecule has 0 aliphatic rings. The number of furan rings is 1. The van der Waals surface area contributed by atoms with Crippen LogP contribution in [0.25, 0.3) is 5.52 Å². The van der Waals surface area contributed by atoms with E-state index in [2.05, 4.69) is 15.6 Å². The maximum atomic E-state index is 13.8. The number of aromatic nitrogens is 2. The molecule has 4 aromatic rings. The van der Waals surface area contributed by atoms with E-state index >= 15 is 0 Å². The van der Waals surface area contributed by atoms with E-state index in [9.17, 15) is 14.0 Å². The van der Waals surface area contributed by atoms with Gasteiger partial charge in [-0.15, -0.1) is 0 Å². The van der Waals surface area contributed by atoms with Crippen LogP contribution in [0.2, 0.25) is 0 Å². The molecule has 0 aliphatic carbocycles. The highest BCUT2D eigenvalue weighted by Crippen LogP contribution is 2.18. The molecule has 3 aromatic heterocycles. The maximum absolute atomic E-state index is 13.8. The zero-order valence-corrected chi connectivity index (χ0v) is 14.6.